The van der Waals surface area contributed by atoms with Crippen LogP contribution in [-0.2, 0) is 11.3 Å². The highest BCUT2D eigenvalue weighted by Crippen LogP contribution is 2.25. The summed E-state index contributed by atoms with van der Waals surface area (Å²) in [5.74, 6) is 2.15. The molecule has 1 aliphatic heterocycles. The minimum atomic E-state index is 0.281. The minimum Gasteiger partial charge on any atom is -0.382 e. The van der Waals surface area contributed by atoms with Gasteiger partial charge in [-0.2, -0.15) is 5.10 Å². The summed E-state index contributed by atoms with van der Waals surface area (Å²) in [6.07, 6.45) is 4.69. The van der Waals surface area contributed by atoms with Gasteiger partial charge in [-0.25, -0.2) is 0 Å². The van der Waals surface area contributed by atoms with Gasteiger partial charge in [0.2, 0.25) is 5.91 Å². The van der Waals surface area contributed by atoms with Gasteiger partial charge < -0.3 is 10.6 Å². The van der Waals surface area contributed by atoms with E-state index in [1.54, 1.807) is 10.7 Å². The number of aromatic nitrogens is 2. The monoisotopic (exact) mass is 264 g/mol. The average molecular weight is 264 g/mol. The molecule has 1 aliphatic rings. The van der Waals surface area contributed by atoms with Crippen LogP contribution in [-0.4, -0.2) is 33.7 Å². The second-order valence-electron chi connectivity index (χ2n) is 5.72. The topological polar surface area (TPSA) is 64.2 Å². The quantitative estimate of drug-likeness (QED) is 0.901. The summed E-state index contributed by atoms with van der Waals surface area (Å²) in [5, 5.41) is 4.14. The zero-order chi connectivity index (χ0) is 13.8. The van der Waals surface area contributed by atoms with Crippen LogP contribution >= 0.6 is 0 Å². The highest BCUT2D eigenvalue weighted by atomic mass is 16.2. The molecule has 0 aromatic carbocycles. The van der Waals surface area contributed by atoms with Crippen LogP contribution < -0.4 is 5.73 Å². The zero-order valence-electron chi connectivity index (χ0n) is 11.9. The second-order valence-corrected chi connectivity index (χ2v) is 5.72. The third kappa shape index (κ3) is 3.72. The Morgan fingerprint density at radius 2 is 2.21 bits per heavy atom. The Balaban J connectivity index is 1.87. The van der Waals surface area contributed by atoms with Gasteiger partial charge in [-0.15, -0.1) is 0 Å². The van der Waals surface area contributed by atoms with E-state index >= 15 is 0 Å². The molecule has 1 amide bonds. The predicted octanol–water partition coefficient (Wildman–Crippen LogP) is 1.75. The number of nitrogens with two attached hydrogens (primary N) is 1. The fraction of sp³-hybridized carbons (Fsp3) is 0.714. The van der Waals surface area contributed by atoms with Crippen molar-refractivity contribution in [3.8, 4) is 0 Å². The third-order valence-electron chi connectivity index (χ3n) is 4.05. The molecular formula is C14H24N4O. The van der Waals surface area contributed by atoms with Gasteiger partial charge in [0.15, 0.2) is 0 Å². The molecule has 1 aromatic heterocycles. The molecule has 0 spiro atoms. The average Bonchev–Trinajstić information content (AvgIpc) is 2.67. The molecule has 1 fully saturated rings. The fourth-order valence-electron chi connectivity index (χ4n) is 2.69. The molecule has 19 heavy (non-hydrogen) atoms. The molecule has 2 heterocycles. The first-order valence-electron chi connectivity index (χ1n) is 7.13. The number of carbonyl (C=O) groups is 1. The number of amides is 1. The number of nitrogen functional groups attached to an aromatic ring is 1. The van der Waals surface area contributed by atoms with Crippen LogP contribution in [0.3, 0.4) is 0 Å². The number of nitrogens with zero attached hydrogens (tertiary/aromatic N) is 3. The Morgan fingerprint density at radius 1 is 1.42 bits per heavy atom. The molecule has 106 valence electrons. The number of carbonyl (C=O) groups excluding carboxylic acids is 1. The molecule has 2 N–H and O–H groups in total. The first-order chi connectivity index (χ1) is 9.06. The van der Waals surface area contributed by atoms with E-state index in [1.165, 1.54) is 0 Å². The van der Waals surface area contributed by atoms with Gasteiger partial charge in [-0.05, 0) is 30.7 Å². The second kappa shape index (κ2) is 6.08. The molecular weight excluding hydrogens is 240 g/mol. The van der Waals surface area contributed by atoms with Gasteiger partial charge in [0.25, 0.3) is 0 Å². The van der Waals surface area contributed by atoms with E-state index in [1.807, 2.05) is 11.1 Å². The largest absolute Gasteiger partial charge is 0.382 e. The van der Waals surface area contributed by atoms with E-state index in [9.17, 15) is 4.79 Å². The molecule has 0 radical (unpaired) electrons. The van der Waals surface area contributed by atoms with Crippen molar-refractivity contribution < 1.29 is 4.79 Å². The first kappa shape index (κ1) is 13.9. The smallest absolute Gasteiger partial charge is 0.222 e. The van der Waals surface area contributed by atoms with Crippen LogP contribution in [0.2, 0.25) is 0 Å². The molecule has 1 aromatic rings. The lowest BCUT2D eigenvalue weighted by Gasteiger charge is -2.21. The Morgan fingerprint density at radius 3 is 2.84 bits per heavy atom. The van der Waals surface area contributed by atoms with Gasteiger partial charge in [0.05, 0.1) is 6.54 Å². The van der Waals surface area contributed by atoms with Crippen molar-refractivity contribution in [2.75, 3.05) is 18.8 Å². The maximum atomic E-state index is 12.1. The normalized spacial score (nSPS) is 20.9. The van der Waals surface area contributed by atoms with Crippen molar-refractivity contribution in [2.24, 2.45) is 11.8 Å². The van der Waals surface area contributed by atoms with Crippen LogP contribution in [0.1, 0.15) is 33.1 Å². The highest BCUT2D eigenvalue weighted by Gasteiger charge is 2.23. The van der Waals surface area contributed by atoms with Gasteiger partial charge in [0, 0.05) is 25.7 Å². The Labute approximate surface area is 114 Å². The molecule has 1 saturated heterocycles. The standard InChI is InChI=1S/C14H24N4O/c1-11(2)12-3-4-14(19)17(7-5-12)9-10-18-8-6-13(15)16-18/h6,8,11-12H,3-5,7,9-10H2,1-2H3,(H2,15,16). The summed E-state index contributed by atoms with van der Waals surface area (Å²) in [5.41, 5.74) is 5.58. The predicted molar refractivity (Wildman–Crippen MR) is 75.4 cm³/mol. The van der Waals surface area contributed by atoms with Crippen molar-refractivity contribution in [1.82, 2.24) is 14.7 Å². The summed E-state index contributed by atoms with van der Waals surface area (Å²) in [6, 6.07) is 1.78. The zero-order valence-corrected chi connectivity index (χ0v) is 11.9. The van der Waals surface area contributed by atoms with Crippen molar-refractivity contribution in [3.63, 3.8) is 0 Å². The molecule has 2 rings (SSSR count). The van der Waals surface area contributed by atoms with E-state index in [4.69, 9.17) is 5.73 Å². The minimum absolute atomic E-state index is 0.281. The number of rotatable bonds is 4. The third-order valence-corrected chi connectivity index (χ3v) is 4.05. The Hall–Kier alpha value is -1.52. The number of anilines is 1. The van der Waals surface area contributed by atoms with Crippen molar-refractivity contribution >= 4 is 11.7 Å². The van der Waals surface area contributed by atoms with Crippen LogP contribution in [0, 0.1) is 11.8 Å². The van der Waals surface area contributed by atoms with E-state index in [-0.39, 0.29) is 5.91 Å². The lowest BCUT2D eigenvalue weighted by Crippen LogP contribution is -2.33. The lowest BCUT2D eigenvalue weighted by atomic mass is 9.89. The van der Waals surface area contributed by atoms with Crippen molar-refractivity contribution in [3.05, 3.63) is 12.3 Å². The number of likely N-dealkylation sites (tertiary alicyclic amines) is 1. The summed E-state index contributed by atoms with van der Waals surface area (Å²) in [6.45, 7) is 6.81. The lowest BCUT2D eigenvalue weighted by molar-refractivity contribution is -0.130. The van der Waals surface area contributed by atoms with Gasteiger partial charge in [0.1, 0.15) is 5.82 Å². The van der Waals surface area contributed by atoms with E-state index < -0.39 is 0 Å². The fourth-order valence-corrected chi connectivity index (χ4v) is 2.69. The van der Waals surface area contributed by atoms with Crippen molar-refractivity contribution in [1.29, 1.82) is 0 Å². The van der Waals surface area contributed by atoms with Crippen molar-refractivity contribution in [2.45, 2.75) is 39.7 Å². The van der Waals surface area contributed by atoms with Gasteiger partial charge in [-0.3, -0.25) is 9.48 Å². The Bertz CT molecular complexity index is 427. The first-order valence-corrected chi connectivity index (χ1v) is 7.13. The molecule has 5 heteroatoms. The molecule has 1 unspecified atom stereocenters. The maximum absolute atomic E-state index is 12.1. The van der Waals surface area contributed by atoms with Gasteiger partial charge >= 0.3 is 0 Å². The summed E-state index contributed by atoms with van der Waals surface area (Å²) in [7, 11) is 0. The van der Waals surface area contributed by atoms with Crippen LogP contribution in [0.15, 0.2) is 12.3 Å². The highest BCUT2D eigenvalue weighted by molar-refractivity contribution is 5.76. The SMILES string of the molecule is CC(C)C1CCC(=O)N(CCn2ccc(N)n2)CC1. The molecule has 5 nitrogen and oxygen atoms in total. The molecule has 0 saturated carbocycles. The molecule has 0 aliphatic carbocycles. The summed E-state index contributed by atoms with van der Waals surface area (Å²) >= 11 is 0. The summed E-state index contributed by atoms with van der Waals surface area (Å²) in [4.78, 5) is 14.1. The van der Waals surface area contributed by atoms with E-state index in [0.29, 0.717) is 24.1 Å². The maximum Gasteiger partial charge on any atom is 0.222 e. The summed E-state index contributed by atoms with van der Waals surface area (Å²) < 4.78 is 1.80. The van der Waals surface area contributed by atoms with Crippen LogP contribution in [0.25, 0.3) is 0 Å². The van der Waals surface area contributed by atoms with Crippen LogP contribution in [0.5, 0.6) is 0 Å². The molecule has 0 bridgehead atoms. The number of hydrogen-bond donors (Lipinski definition) is 1. The molecule has 1 atom stereocenters. The number of hydrogen-bond acceptors (Lipinski definition) is 3. The Kier molecular flexibility index (Phi) is 4.45. The van der Waals surface area contributed by atoms with E-state index in [0.717, 1.165) is 32.5 Å². The van der Waals surface area contributed by atoms with Crippen LogP contribution in [0.4, 0.5) is 5.82 Å². The van der Waals surface area contributed by atoms with E-state index in [2.05, 4.69) is 18.9 Å². The van der Waals surface area contributed by atoms with Gasteiger partial charge in [-0.1, -0.05) is 13.8 Å².